The van der Waals surface area contributed by atoms with Crippen LogP contribution in [0.3, 0.4) is 0 Å². The van der Waals surface area contributed by atoms with Gasteiger partial charge in [-0.1, -0.05) is 13.3 Å². The molecule has 0 aliphatic carbocycles. The number of piperidine rings is 1. The molecule has 4 atom stereocenters. The third-order valence-corrected chi connectivity index (χ3v) is 5.29. The van der Waals surface area contributed by atoms with Gasteiger partial charge in [0.2, 0.25) is 5.91 Å². The number of carbonyl (C=O) groups is 1. The molecule has 0 saturated carbocycles. The molecule has 2 N–H and O–H groups in total. The maximum absolute atomic E-state index is 12.3. The number of rotatable bonds is 10. The van der Waals surface area contributed by atoms with E-state index in [9.17, 15) is 9.90 Å². The lowest BCUT2D eigenvalue weighted by molar-refractivity contribution is -0.127. The maximum Gasteiger partial charge on any atom is 0.224 e. The smallest absolute Gasteiger partial charge is 0.224 e. The number of ether oxygens (including phenoxy) is 2. The van der Waals surface area contributed by atoms with E-state index in [1.165, 1.54) is 0 Å². The van der Waals surface area contributed by atoms with Crippen molar-refractivity contribution >= 4 is 5.91 Å². The fraction of sp³-hybridized carbons (Fsp3) is 0.947. The molecule has 6 heteroatoms. The van der Waals surface area contributed by atoms with Gasteiger partial charge in [-0.2, -0.15) is 0 Å². The van der Waals surface area contributed by atoms with E-state index in [1.54, 1.807) is 0 Å². The molecule has 2 heterocycles. The van der Waals surface area contributed by atoms with Gasteiger partial charge in [-0.05, 0) is 39.0 Å². The molecule has 1 amide bonds. The maximum atomic E-state index is 12.3. The van der Waals surface area contributed by atoms with Crippen molar-refractivity contribution in [2.24, 2.45) is 5.92 Å². The van der Waals surface area contributed by atoms with Crippen LogP contribution in [0.2, 0.25) is 0 Å². The number of hydrogen-bond donors (Lipinski definition) is 2. The molecule has 4 unspecified atom stereocenters. The predicted molar refractivity (Wildman–Crippen MR) is 97.5 cm³/mol. The van der Waals surface area contributed by atoms with Gasteiger partial charge in [0.1, 0.15) is 0 Å². The van der Waals surface area contributed by atoms with Gasteiger partial charge in [0.05, 0.1) is 31.3 Å². The summed E-state index contributed by atoms with van der Waals surface area (Å²) in [4.78, 5) is 14.5. The van der Waals surface area contributed by atoms with Crippen LogP contribution in [0.1, 0.15) is 52.4 Å². The predicted octanol–water partition coefficient (Wildman–Crippen LogP) is 1.56. The Morgan fingerprint density at radius 3 is 2.96 bits per heavy atom. The number of carbonyl (C=O) groups excluding carboxylic acids is 1. The Hall–Kier alpha value is -0.690. The molecule has 2 aliphatic heterocycles. The molecule has 146 valence electrons. The van der Waals surface area contributed by atoms with Crippen LogP contribution in [0, 0.1) is 5.92 Å². The van der Waals surface area contributed by atoms with Gasteiger partial charge >= 0.3 is 0 Å². The van der Waals surface area contributed by atoms with Gasteiger partial charge in [-0.15, -0.1) is 0 Å². The van der Waals surface area contributed by atoms with Gasteiger partial charge in [-0.3, -0.25) is 9.69 Å². The quantitative estimate of drug-likeness (QED) is 0.581. The number of nitrogens with zero attached hydrogens (tertiary/aromatic N) is 1. The number of aliphatic hydroxyl groups excluding tert-OH is 1. The largest absolute Gasteiger partial charge is 0.389 e. The van der Waals surface area contributed by atoms with Crippen LogP contribution >= 0.6 is 0 Å². The van der Waals surface area contributed by atoms with Crippen LogP contribution in [-0.2, 0) is 14.3 Å². The van der Waals surface area contributed by atoms with Gasteiger partial charge in [0.25, 0.3) is 0 Å². The topological polar surface area (TPSA) is 71.0 Å². The molecule has 2 saturated heterocycles. The van der Waals surface area contributed by atoms with Crippen molar-refractivity contribution in [2.75, 3.05) is 39.5 Å². The van der Waals surface area contributed by atoms with E-state index in [0.717, 1.165) is 58.2 Å². The zero-order valence-corrected chi connectivity index (χ0v) is 15.9. The highest BCUT2D eigenvalue weighted by atomic mass is 16.5. The van der Waals surface area contributed by atoms with Crippen LogP contribution in [-0.4, -0.2) is 73.6 Å². The zero-order chi connectivity index (χ0) is 18.1. The van der Waals surface area contributed by atoms with E-state index in [2.05, 4.69) is 24.1 Å². The number of amides is 1. The summed E-state index contributed by atoms with van der Waals surface area (Å²) in [6, 6.07) is 0.396. The fourth-order valence-electron chi connectivity index (χ4n) is 3.62. The first-order chi connectivity index (χ1) is 12.1. The zero-order valence-electron chi connectivity index (χ0n) is 15.9. The first kappa shape index (κ1) is 20.6. The first-order valence-electron chi connectivity index (χ1n) is 9.99. The Bertz CT molecular complexity index is 388. The molecular weight excluding hydrogens is 320 g/mol. The second-order valence-corrected chi connectivity index (χ2v) is 7.55. The van der Waals surface area contributed by atoms with Gasteiger partial charge in [-0.25, -0.2) is 0 Å². The van der Waals surface area contributed by atoms with Crippen LogP contribution in [0.4, 0.5) is 0 Å². The molecule has 0 aromatic rings. The van der Waals surface area contributed by atoms with E-state index in [0.29, 0.717) is 25.8 Å². The normalized spacial score (nSPS) is 28.8. The molecule has 6 nitrogen and oxygen atoms in total. The highest BCUT2D eigenvalue weighted by Gasteiger charge is 2.30. The van der Waals surface area contributed by atoms with Crippen molar-refractivity contribution < 1.29 is 19.4 Å². The highest BCUT2D eigenvalue weighted by Crippen LogP contribution is 2.22. The minimum Gasteiger partial charge on any atom is -0.389 e. The minimum atomic E-state index is -0.522. The van der Waals surface area contributed by atoms with E-state index >= 15 is 0 Å². The summed E-state index contributed by atoms with van der Waals surface area (Å²) in [5.41, 5.74) is 0. The van der Waals surface area contributed by atoms with Gasteiger partial charge < -0.3 is 19.9 Å². The van der Waals surface area contributed by atoms with Crippen molar-refractivity contribution in [2.45, 2.75) is 70.6 Å². The SMILES string of the molecule is CCCCNC(=O)C1CCC(C)N(CC(O)COCC2CCCO2)C1. The number of likely N-dealkylation sites (tertiary alicyclic amines) is 1. The van der Waals surface area contributed by atoms with Crippen molar-refractivity contribution in [3.05, 3.63) is 0 Å². The molecular formula is C19H36N2O4. The highest BCUT2D eigenvalue weighted by molar-refractivity contribution is 5.78. The lowest BCUT2D eigenvalue weighted by Gasteiger charge is -2.38. The number of β-amino-alcohol motifs (C(OH)–C–C–N with tert-alkyl or cyclic N) is 1. The van der Waals surface area contributed by atoms with Crippen LogP contribution in [0.15, 0.2) is 0 Å². The van der Waals surface area contributed by atoms with Crippen molar-refractivity contribution in [3.8, 4) is 0 Å². The molecule has 0 aromatic carbocycles. The third kappa shape index (κ3) is 7.21. The van der Waals surface area contributed by atoms with Crippen LogP contribution in [0.5, 0.6) is 0 Å². The summed E-state index contributed by atoms with van der Waals surface area (Å²) in [6.45, 7) is 8.06. The summed E-state index contributed by atoms with van der Waals surface area (Å²) in [7, 11) is 0. The lowest BCUT2D eigenvalue weighted by Crippen LogP contribution is -2.50. The Labute approximate surface area is 152 Å². The Morgan fingerprint density at radius 2 is 2.24 bits per heavy atom. The molecule has 0 bridgehead atoms. The number of hydrogen-bond acceptors (Lipinski definition) is 5. The van der Waals surface area contributed by atoms with Crippen LogP contribution in [0.25, 0.3) is 0 Å². The van der Waals surface area contributed by atoms with E-state index in [4.69, 9.17) is 9.47 Å². The average molecular weight is 357 g/mol. The first-order valence-corrected chi connectivity index (χ1v) is 9.99. The van der Waals surface area contributed by atoms with Crippen molar-refractivity contribution in [1.29, 1.82) is 0 Å². The molecule has 0 spiro atoms. The second kappa shape index (κ2) is 11.1. The summed E-state index contributed by atoms with van der Waals surface area (Å²) in [5, 5.41) is 13.3. The summed E-state index contributed by atoms with van der Waals surface area (Å²) < 4.78 is 11.1. The standard InChI is InChI=1S/C19H36N2O4/c1-3-4-9-20-19(23)16-8-7-15(2)21(11-16)12-17(22)13-24-14-18-6-5-10-25-18/h15-18,22H,3-14H2,1-2H3,(H,20,23). The minimum absolute atomic E-state index is 0.0352. The van der Waals surface area contributed by atoms with Gasteiger partial charge in [0.15, 0.2) is 0 Å². The fourth-order valence-corrected chi connectivity index (χ4v) is 3.62. The van der Waals surface area contributed by atoms with Gasteiger partial charge in [0, 0.05) is 32.3 Å². The molecule has 2 aliphatic rings. The molecule has 2 rings (SSSR count). The number of nitrogens with one attached hydrogen (secondary N) is 1. The second-order valence-electron chi connectivity index (χ2n) is 7.55. The van der Waals surface area contributed by atoms with E-state index in [1.807, 2.05) is 0 Å². The van der Waals surface area contributed by atoms with E-state index < -0.39 is 6.10 Å². The Kier molecular flexibility index (Phi) is 9.17. The van der Waals surface area contributed by atoms with Crippen molar-refractivity contribution in [1.82, 2.24) is 10.2 Å². The molecule has 0 radical (unpaired) electrons. The van der Waals surface area contributed by atoms with E-state index in [-0.39, 0.29) is 17.9 Å². The molecule has 0 aromatic heterocycles. The van der Waals surface area contributed by atoms with Crippen LogP contribution < -0.4 is 5.32 Å². The Balaban J connectivity index is 1.68. The lowest BCUT2D eigenvalue weighted by atomic mass is 9.92. The number of unbranched alkanes of at least 4 members (excludes halogenated alkanes) is 1. The van der Waals surface area contributed by atoms with Crippen molar-refractivity contribution in [3.63, 3.8) is 0 Å². The third-order valence-electron chi connectivity index (χ3n) is 5.29. The summed E-state index contributed by atoms with van der Waals surface area (Å²) in [5.74, 6) is 0.197. The monoisotopic (exact) mass is 356 g/mol. The molecule has 25 heavy (non-hydrogen) atoms. The number of aliphatic hydroxyl groups is 1. The average Bonchev–Trinajstić information content (AvgIpc) is 3.10. The Morgan fingerprint density at radius 1 is 1.40 bits per heavy atom. The summed E-state index contributed by atoms with van der Waals surface area (Å²) in [6.07, 6.45) is 5.86. The molecule has 2 fully saturated rings. The summed E-state index contributed by atoms with van der Waals surface area (Å²) >= 11 is 0.